The highest BCUT2D eigenvalue weighted by Crippen LogP contribution is 2.21. The van der Waals surface area contributed by atoms with Gasteiger partial charge in [0.15, 0.2) is 5.78 Å². The van der Waals surface area contributed by atoms with E-state index < -0.39 is 0 Å². The van der Waals surface area contributed by atoms with Crippen molar-refractivity contribution in [3.05, 3.63) is 23.3 Å². The van der Waals surface area contributed by atoms with E-state index >= 15 is 0 Å². The van der Waals surface area contributed by atoms with Gasteiger partial charge in [-0.3, -0.25) is 4.79 Å². The van der Waals surface area contributed by atoms with Gasteiger partial charge in [0.1, 0.15) is 0 Å². The van der Waals surface area contributed by atoms with E-state index in [1.54, 1.807) is 13.0 Å². The van der Waals surface area contributed by atoms with E-state index in [9.17, 15) is 4.79 Å². The van der Waals surface area contributed by atoms with Crippen molar-refractivity contribution in [3.63, 3.8) is 0 Å². The van der Waals surface area contributed by atoms with Gasteiger partial charge in [-0.15, -0.1) is 0 Å². The maximum Gasteiger partial charge on any atom is 0.156 e. The van der Waals surface area contributed by atoms with Crippen molar-refractivity contribution in [2.24, 2.45) is 0 Å². The van der Waals surface area contributed by atoms with Gasteiger partial charge in [0, 0.05) is 0 Å². The van der Waals surface area contributed by atoms with Crippen molar-refractivity contribution < 1.29 is 4.79 Å². The Labute approximate surface area is 65.8 Å². The number of carbonyl (C=O) groups is 1. The summed E-state index contributed by atoms with van der Waals surface area (Å²) in [6, 6.07) is 2.06. The number of nitriles is 1. The average molecular weight is 147 g/mol. The highest BCUT2D eigenvalue weighted by atomic mass is 16.1. The van der Waals surface area contributed by atoms with E-state index in [0.717, 1.165) is 11.1 Å². The van der Waals surface area contributed by atoms with Crippen LogP contribution < -0.4 is 0 Å². The van der Waals surface area contributed by atoms with Crippen LogP contribution in [-0.2, 0) is 4.79 Å². The zero-order chi connectivity index (χ0) is 8.27. The monoisotopic (exact) mass is 147 g/mol. The first-order valence-electron chi connectivity index (χ1n) is 3.50. The van der Waals surface area contributed by atoms with Crippen LogP contribution in [0.5, 0.6) is 0 Å². The van der Waals surface area contributed by atoms with Crippen molar-refractivity contribution in [1.29, 1.82) is 5.26 Å². The summed E-state index contributed by atoms with van der Waals surface area (Å²) in [6.07, 6.45) is 4.77. The lowest BCUT2D eigenvalue weighted by Gasteiger charge is -1.95. The second-order valence-corrected chi connectivity index (χ2v) is 2.58. The molecule has 0 aromatic heterocycles. The molecule has 0 heterocycles. The Morgan fingerprint density at radius 1 is 1.73 bits per heavy atom. The fourth-order valence-electron chi connectivity index (χ4n) is 1.05. The summed E-state index contributed by atoms with van der Waals surface area (Å²) in [5.74, 6) is 0.106. The van der Waals surface area contributed by atoms with Crippen molar-refractivity contribution in [3.8, 4) is 6.07 Å². The molecular weight excluding hydrogens is 138 g/mol. The Balaban J connectivity index is 2.54. The highest BCUT2D eigenvalue weighted by Gasteiger charge is 2.10. The third-order valence-electron chi connectivity index (χ3n) is 1.70. The van der Waals surface area contributed by atoms with Crippen molar-refractivity contribution in [2.45, 2.75) is 19.8 Å². The summed E-state index contributed by atoms with van der Waals surface area (Å²) in [5, 5.41) is 8.35. The SMILES string of the molecule is CC(=O)C1=CC=C(CC#N)C1. The maximum absolute atomic E-state index is 10.8. The minimum Gasteiger partial charge on any atom is -0.295 e. The van der Waals surface area contributed by atoms with Gasteiger partial charge in [-0.25, -0.2) is 0 Å². The molecule has 0 aromatic carbocycles. The van der Waals surface area contributed by atoms with Crippen molar-refractivity contribution in [1.82, 2.24) is 0 Å². The molecule has 0 aromatic rings. The van der Waals surface area contributed by atoms with Gasteiger partial charge in [0.25, 0.3) is 0 Å². The first-order valence-corrected chi connectivity index (χ1v) is 3.50. The fraction of sp³-hybridized carbons (Fsp3) is 0.333. The largest absolute Gasteiger partial charge is 0.295 e. The first kappa shape index (κ1) is 7.74. The molecule has 0 bridgehead atoms. The van der Waals surface area contributed by atoms with Crippen LogP contribution in [0.2, 0.25) is 0 Å². The number of carbonyl (C=O) groups excluding carboxylic acids is 1. The van der Waals surface area contributed by atoms with Crippen LogP contribution >= 0.6 is 0 Å². The number of Topliss-reactive ketones (excluding diaryl/α,β-unsaturated/α-hetero) is 1. The molecule has 0 N–H and O–H groups in total. The molecule has 1 aliphatic rings. The molecule has 0 amide bonds. The van der Waals surface area contributed by atoms with Crippen LogP contribution in [0.3, 0.4) is 0 Å². The van der Waals surface area contributed by atoms with Crippen LogP contribution in [0.1, 0.15) is 19.8 Å². The van der Waals surface area contributed by atoms with Gasteiger partial charge < -0.3 is 0 Å². The molecule has 0 saturated heterocycles. The number of ketones is 1. The zero-order valence-corrected chi connectivity index (χ0v) is 6.42. The van der Waals surface area contributed by atoms with E-state index in [4.69, 9.17) is 5.26 Å². The Morgan fingerprint density at radius 2 is 2.45 bits per heavy atom. The second-order valence-electron chi connectivity index (χ2n) is 2.58. The van der Waals surface area contributed by atoms with Gasteiger partial charge in [-0.1, -0.05) is 17.7 Å². The molecule has 2 nitrogen and oxygen atoms in total. The molecule has 11 heavy (non-hydrogen) atoms. The number of hydrogen-bond donors (Lipinski definition) is 0. The van der Waals surface area contributed by atoms with E-state index in [2.05, 4.69) is 6.07 Å². The van der Waals surface area contributed by atoms with Crippen molar-refractivity contribution in [2.75, 3.05) is 0 Å². The quantitative estimate of drug-likeness (QED) is 0.597. The molecule has 0 aliphatic heterocycles. The number of rotatable bonds is 2. The number of nitrogens with zero attached hydrogens (tertiary/aromatic N) is 1. The van der Waals surface area contributed by atoms with Gasteiger partial charge in [-0.2, -0.15) is 5.26 Å². The van der Waals surface area contributed by atoms with Gasteiger partial charge >= 0.3 is 0 Å². The standard InChI is InChI=1S/C9H9NO/c1-7(11)9-3-2-8(6-9)4-5-10/h2-3H,4,6H2,1H3. The molecule has 0 unspecified atom stereocenters. The average Bonchev–Trinajstić information content (AvgIpc) is 2.37. The minimum absolute atomic E-state index is 0.106. The molecule has 0 radical (unpaired) electrons. The van der Waals surface area contributed by atoms with Crippen LogP contribution in [-0.4, -0.2) is 5.78 Å². The van der Waals surface area contributed by atoms with Crippen LogP contribution in [0, 0.1) is 11.3 Å². The van der Waals surface area contributed by atoms with E-state index in [-0.39, 0.29) is 5.78 Å². The van der Waals surface area contributed by atoms with Crippen molar-refractivity contribution >= 4 is 5.78 Å². The molecule has 0 atom stereocenters. The molecule has 56 valence electrons. The third-order valence-corrected chi connectivity index (χ3v) is 1.70. The predicted octanol–water partition coefficient (Wildman–Crippen LogP) is 1.75. The second kappa shape index (κ2) is 3.16. The first-order chi connectivity index (χ1) is 5.24. The summed E-state index contributed by atoms with van der Waals surface area (Å²) in [5.41, 5.74) is 1.85. The molecule has 2 heteroatoms. The van der Waals surface area contributed by atoms with Crippen LogP contribution in [0.15, 0.2) is 23.3 Å². The van der Waals surface area contributed by atoms with E-state index in [1.807, 2.05) is 6.08 Å². The highest BCUT2D eigenvalue weighted by molar-refractivity contribution is 5.94. The summed E-state index contributed by atoms with van der Waals surface area (Å²) >= 11 is 0. The van der Waals surface area contributed by atoms with E-state index in [1.165, 1.54) is 0 Å². The van der Waals surface area contributed by atoms with E-state index in [0.29, 0.717) is 12.8 Å². The molecule has 1 aliphatic carbocycles. The Kier molecular flexibility index (Phi) is 2.22. The Hall–Kier alpha value is -1.36. The van der Waals surface area contributed by atoms with Gasteiger partial charge in [-0.05, 0) is 18.9 Å². The third kappa shape index (κ3) is 1.78. The summed E-state index contributed by atoms with van der Waals surface area (Å²) in [4.78, 5) is 10.8. The fourth-order valence-corrected chi connectivity index (χ4v) is 1.05. The normalized spacial score (nSPS) is 15.3. The number of hydrogen-bond acceptors (Lipinski definition) is 2. The topological polar surface area (TPSA) is 40.9 Å². The molecule has 1 rings (SSSR count). The minimum atomic E-state index is 0.106. The Bertz CT molecular complexity index is 278. The van der Waals surface area contributed by atoms with Crippen LogP contribution in [0.4, 0.5) is 0 Å². The molecular formula is C9H9NO. The lowest BCUT2D eigenvalue weighted by Crippen LogP contribution is -1.93. The molecule has 0 fully saturated rings. The number of allylic oxidation sites excluding steroid dienone is 4. The Morgan fingerprint density at radius 3 is 2.91 bits per heavy atom. The summed E-state index contributed by atoms with van der Waals surface area (Å²) in [7, 11) is 0. The van der Waals surface area contributed by atoms with Crippen LogP contribution in [0.25, 0.3) is 0 Å². The lowest BCUT2D eigenvalue weighted by molar-refractivity contribution is -0.113. The summed E-state index contributed by atoms with van der Waals surface area (Å²) in [6.45, 7) is 1.55. The van der Waals surface area contributed by atoms with Gasteiger partial charge in [0.2, 0.25) is 0 Å². The zero-order valence-electron chi connectivity index (χ0n) is 6.42. The smallest absolute Gasteiger partial charge is 0.156 e. The predicted molar refractivity (Wildman–Crippen MR) is 41.7 cm³/mol. The lowest BCUT2D eigenvalue weighted by atomic mass is 10.1. The maximum atomic E-state index is 10.8. The molecule has 0 saturated carbocycles. The van der Waals surface area contributed by atoms with Gasteiger partial charge in [0.05, 0.1) is 12.5 Å². The molecule has 0 spiro atoms. The summed E-state index contributed by atoms with van der Waals surface area (Å²) < 4.78 is 0.